The first-order valence-electron chi connectivity index (χ1n) is 6.57. The van der Waals surface area contributed by atoms with E-state index in [4.69, 9.17) is 19.9 Å². The standard InChI is InChI=1S/C12H18BNO5S/c14-20(17,18)12-7-6-9(13(15)16)8-11(12)19-10-4-2-1-3-5-10/h6-8,10,15-16H,1-5H2,(H2,14,17,18). The van der Waals surface area contributed by atoms with E-state index >= 15 is 0 Å². The van der Waals surface area contributed by atoms with Crippen molar-refractivity contribution in [2.24, 2.45) is 5.14 Å². The summed E-state index contributed by atoms with van der Waals surface area (Å²) in [6.45, 7) is 0. The number of primary sulfonamides is 1. The van der Waals surface area contributed by atoms with E-state index in [1.807, 2.05) is 0 Å². The van der Waals surface area contributed by atoms with Gasteiger partial charge in [-0.3, -0.25) is 0 Å². The topological polar surface area (TPSA) is 110 Å². The monoisotopic (exact) mass is 299 g/mol. The molecule has 0 bridgehead atoms. The maximum absolute atomic E-state index is 11.5. The largest absolute Gasteiger partial charge is 0.489 e. The molecule has 0 amide bonds. The zero-order valence-corrected chi connectivity index (χ0v) is 11.8. The molecule has 1 saturated carbocycles. The molecule has 4 N–H and O–H groups in total. The van der Waals surface area contributed by atoms with Gasteiger partial charge in [-0.2, -0.15) is 0 Å². The average molecular weight is 299 g/mol. The lowest BCUT2D eigenvalue weighted by molar-refractivity contribution is 0.151. The van der Waals surface area contributed by atoms with Crippen LogP contribution in [0.25, 0.3) is 0 Å². The highest BCUT2D eigenvalue weighted by Crippen LogP contribution is 2.27. The van der Waals surface area contributed by atoms with Crippen LogP contribution in [0.15, 0.2) is 23.1 Å². The Morgan fingerprint density at radius 3 is 2.40 bits per heavy atom. The van der Waals surface area contributed by atoms with Gasteiger partial charge in [-0.1, -0.05) is 12.5 Å². The van der Waals surface area contributed by atoms with Crippen LogP contribution in [0.3, 0.4) is 0 Å². The molecule has 0 saturated heterocycles. The van der Waals surface area contributed by atoms with Gasteiger partial charge in [0.1, 0.15) is 10.6 Å². The molecule has 20 heavy (non-hydrogen) atoms. The molecule has 1 aromatic carbocycles. The second-order valence-corrected chi connectivity index (χ2v) is 6.53. The van der Waals surface area contributed by atoms with Gasteiger partial charge in [-0.25, -0.2) is 13.6 Å². The number of nitrogens with two attached hydrogens (primary N) is 1. The molecule has 2 rings (SSSR count). The predicted octanol–water partition coefficient (Wildman–Crippen LogP) is -0.275. The van der Waals surface area contributed by atoms with E-state index in [2.05, 4.69) is 0 Å². The van der Waals surface area contributed by atoms with Gasteiger partial charge in [-0.15, -0.1) is 0 Å². The summed E-state index contributed by atoms with van der Waals surface area (Å²) in [6, 6.07) is 3.86. The molecule has 110 valence electrons. The van der Waals surface area contributed by atoms with Gasteiger partial charge >= 0.3 is 7.12 Å². The summed E-state index contributed by atoms with van der Waals surface area (Å²) in [5, 5.41) is 23.5. The zero-order valence-electron chi connectivity index (χ0n) is 11.0. The molecular weight excluding hydrogens is 281 g/mol. The van der Waals surface area contributed by atoms with Crippen molar-refractivity contribution in [1.82, 2.24) is 0 Å². The zero-order chi connectivity index (χ0) is 14.8. The normalized spacial score (nSPS) is 16.9. The Hall–Kier alpha value is -1.09. The highest BCUT2D eigenvalue weighted by atomic mass is 32.2. The SMILES string of the molecule is NS(=O)(=O)c1ccc(B(O)O)cc1OC1CCCCC1. The Labute approximate surface area is 118 Å². The van der Waals surface area contributed by atoms with Crippen molar-refractivity contribution < 1.29 is 23.2 Å². The Kier molecular flexibility index (Phi) is 4.69. The number of benzene rings is 1. The Balaban J connectivity index is 2.33. The number of sulfonamides is 1. The fraction of sp³-hybridized carbons (Fsp3) is 0.500. The van der Waals surface area contributed by atoms with Gasteiger partial charge < -0.3 is 14.8 Å². The van der Waals surface area contributed by atoms with Crippen LogP contribution in [0.2, 0.25) is 0 Å². The quantitative estimate of drug-likeness (QED) is 0.663. The molecule has 1 aliphatic rings. The number of hydrogen-bond acceptors (Lipinski definition) is 5. The lowest BCUT2D eigenvalue weighted by atomic mass is 9.80. The molecule has 0 aliphatic heterocycles. The Morgan fingerprint density at radius 2 is 1.85 bits per heavy atom. The number of ether oxygens (including phenoxy) is 1. The van der Waals surface area contributed by atoms with Crippen LogP contribution < -0.4 is 15.3 Å². The third-order valence-electron chi connectivity index (χ3n) is 3.42. The molecule has 1 aromatic rings. The lowest BCUT2D eigenvalue weighted by Crippen LogP contribution is -2.31. The molecule has 0 atom stereocenters. The molecule has 0 spiro atoms. The maximum Gasteiger partial charge on any atom is 0.488 e. The summed E-state index contributed by atoms with van der Waals surface area (Å²) in [4.78, 5) is -0.132. The molecule has 8 heteroatoms. The van der Waals surface area contributed by atoms with Crippen LogP contribution in [-0.2, 0) is 10.0 Å². The summed E-state index contributed by atoms with van der Waals surface area (Å²) in [5.41, 5.74) is 0.170. The summed E-state index contributed by atoms with van der Waals surface area (Å²) in [7, 11) is -5.60. The van der Waals surface area contributed by atoms with E-state index in [0.29, 0.717) is 0 Å². The van der Waals surface area contributed by atoms with E-state index in [9.17, 15) is 8.42 Å². The number of rotatable bonds is 4. The first-order chi connectivity index (χ1) is 9.38. The molecule has 1 aliphatic carbocycles. The third-order valence-corrected chi connectivity index (χ3v) is 4.37. The Morgan fingerprint density at radius 1 is 1.20 bits per heavy atom. The van der Waals surface area contributed by atoms with E-state index in [1.54, 1.807) is 0 Å². The van der Waals surface area contributed by atoms with Gasteiger partial charge in [0, 0.05) is 0 Å². The highest BCUT2D eigenvalue weighted by molar-refractivity contribution is 7.89. The van der Waals surface area contributed by atoms with E-state index < -0.39 is 17.1 Å². The van der Waals surface area contributed by atoms with Crippen molar-refractivity contribution in [2.45, 2.75) is 43.1 Å². The van der Waals surface area contributed by atoms with E-state index in [-0.39, 0.29) is 22.2 Å². The maximum atomic E-state index is 11.5. The minimum Gasteiger partial charge on any atom is -0.489 e. The second-order valence-electron chi connectivity index (χ2n) is 5.00. The first kappa shape index (κ1) is 15.3. The van der Waals surface area contributed by atoms with Gasteiger partial charge in [0.15, 0.2) is 0 Å². The highest BCUT2D eigenvalue weighted by Gasteiger charge is 2.23. The second kappa shape index (κ2) is 6.13. The summed E-state index contributed by atoms with van der Waals surface area (Å²) < 4.78 is 28.8. The van der Waals surface area contributed by atoms with Gasteiger partial charge in [0.05, 0.1) is 6.10 Å². The number of hydrogen-bond donors (Lipinski definition) is 3. The van der Waals surface area contributed by atoms with Crippen molar-refractivity contribution in [3.05, 3.63) is 18.2 Å². The van der Waals surface area contributed by atoms with Crippen LogP contribution >= 0.6 is 0 Å². The summed E-state index contributed by atoms with van der Waals surface area (Å²) in [5.74, 6) is 0.0880. The summed E-state index contributed by atoms with van der Waals surface area (Å²) in [6.07, 6.45) is 4.88. The van der Waals surface area contributed by atoms with Gasteiger partial charge in [0.2, 0.25) is 10.0 Å². The first-order valence-corrected chi connectivity index (χ1v) is 8.12. The molecule has 0 unspecified atom stereocenters. The summed E-state index contributed by atoms with van der Waals surface area (Å²) >= 11 is 0. The van der Waals surface area contributed by atoms with Gasteiger partial charge in [-0.05, 0) is 43.3 Å². The van der Waals surface area contributed by atoms with Crippen molar-refractivity contribution in [3.8, 4) is 5.75 Å². The van der Waals surface area contributed by atoms with E-state index in [0.717, 1.165) is 32.1 Å². The minimum atomic E-state index is -3.91. The molecule has 1 fully saturated rings. The van der Waals surface area contributed by atoms with Crippen molar-refractivity contribution >= 4 is 22.6 Å². The van der Waals surface area contributed by atoms with Crippen LogP contribution in [0.1, 0.15) is 32.1 Å². The Bertz CT molecular complexity index is 569. The van der Waals surface area contributed by atoms with Crippen molar-refractivity contribution in [2.75, 3.05) is 0 Å². The minimum absolute atomic E-state index is 0.0599. The lowest BCUT2D eigenvalue weighted by Gasteiger charge is -2.24. The van der Waals surface area contributed by atoms with Gasteiger partial charge in [0.25, 0.3) is 0 Å². The molecule has 6 nitrogen and oxygen atoms in total. The average Bonchev–Trinajstić information content (AvgIpc) is 2.38. The van der Waals surface area contributed by atoms with Crippen molar-refractivity contribution in [3.63, 3.8) is 0 Å². The third kappa shape index (κ3) is 3.72. The molecule has 0 radical (unpaired) electrons. The van der Waals surface area contributed by atoms with Crippen molar-refractivity contribution in [1.29, 1.82) is 0 Å². The van der Waals surface area contributed by atoms with Crippen LogP contribution in [0, 0.1) is 0 Å². The smallest absolute Gasteiger partial charge is 0.488 e. The molecular formula is C12H18BNO5S. The van der Waals surface area contributed by atoms with Crippen LogP contribution in [0.5, 0.6) is 5.75 Å². The fourth-order valence-electron chi connectivity index (χ4n) is 2.37. The van der Waals surface area contributed by atoms with E-state index in [1.165, 1.54) is 18.2 Å². The predicted molar refractivity (Wildman–Crippen MR) is 75.1 cm³/mol. The van der Waals surface area contributed by atoms with Crippen LogP contribution in [0.4, 0.5) is 0 Å². The fourth-order valence-corrected chi connectivity index (χ4v) is 3.02. The van der Waals surface area contributed by atoms with Crippen LogP contribution in [-0.4, -0.2) is 31.7 Å². The molecule has 0 heterocycles. The molecule has 0 aromatic heterocycles.